The summed E-state index contributed by atoms with van der Waals surface area (Å²) in [5.74, 6) is 1.04. The van der Waals surface area contributed by atoms with Gasteiger partial charge >= 0.3 is 0 Å². The highest BCUT2D eigenvalue weighted by Crippen LogP contribution is 2.20. The number of piperidine rings is 1. The van der Waals surface area contributed by atoms with Crippen LogP contribution in [0.3, 0.4) is 0 Å². The molecule has 0 saturated carbocycles. The summed E-state index contributed by atoms with van der Waals surface area (Å²) in [6.45, 7) is 4.06. The highest BCUT2D eigenvalue weighted by atomic mass is 16.2. The van der Waals surface area contributed by atoms with Gasteiger partial charge < -0.3 is 10.6 Å². The molecule has 1 saturated heterocycles. The lowest BCUT2D eigenvalue weighted by molar-refractivity contribution is -0.131. The molecule has 0 atom stereocenters. The Morgan fingerprint density at radius 3 is 2.72 bits per heavy atom. The number of nitrogens with zero attached hydrogens (tertiary/aromatic N) is 1. The standard InChI is InChI=1S/C15H22N2O/c1-2-12-6-8-17(9-7-12)15(18)11-13-4-3-5-14(16)10-13/h3-5,10,12H,2,6-9,11,16H2,1H3. The molecule has 1 fully saturated rings. The van der Waals surface area contributed by atoms with Gasteiger partial charge in [0.1, 0.15) is 0 Å². The van der Waals surface area contributed by atoms with Crippen LogP contribution in [0.15, 0.2) is 24.3 Å². The van der Waals surface area contributed by atoms with Crippen molar-refractivity contribution in [1.82, 2.24) is 4.90 Å². The fourth-order valence-electron chi connectivity index (χ4n) is 2.58. The van der Waals surface area contributed by atoms with Gasteiger partial charge in [0.2, 0.25) is 5.91 Å². The maximum Gasteiger partial charge on any atom is 0.226 e. The van der Waals surface area contributed by atoms with Crippen LogP contribution >= 0.6 is 0 Å². The summed E-state index contributed by atoms with van der Waals surface area (Å²) in [6, 6.07) is 7.60. The van der Waals surface area contributed by atoms with Crippen molar-refractivity contribution in [3.8, 4) is 0 Å². The van der Waals surface area contributed by atoms with E-state index >= 15 is 0 Å². The van der Waals surface area contributed by atoms with Gasteiger partial charge in [0, 0.05) is 18.8 Å². The van der Waals surface area contributed by atoms with Gasteiger partial charge in [-0.2, -0.15) is 0 Å². The highest BCUT2D eigenvalue weighted by Gasteiger charge is 2.21. The van der Waals surface area contributed by atoms with Gasteiger partial charge in [0.05, 0.1) is 6.42 Å². The third-order valence-electron chi connectivity index (χ3n) is 3.85. The second-order valence-electron chi connectivity index (χ2n) is 5.15. The van der Waals surface area contributed by atoms with Crippen LogP contribution in [-0.2, 0) is 11.2 Å². The number of rotatable bonds is 3. The van der Waals surface area contributed by atoms with Crippen molar-refractivity contribution in [3.05, 3.63) is 29.8 Å². The molecule has 3 heteroatoms. The quantitative estimate of drug-likeness (QED) is 0.833. The Balaban J connectivity index is 1.89. The Morgan fingerprint density at radius 2 is 2.11 bits per heavy atom. The second kappa shape index (κ2) is 5.89. The molecular formula is C15H22N2O. The van der Waals surface area contributed by atoms with E-state index < -0.39 is 0 Å². The SMILES string of the molecule is CCC1CCN(C(=O)Cc2cccc(N)c2)CC1. The number of likely N-dealkylation sites (tertiary alicyclic amines) is 1. The molecule has 0 aliphatic carbocycles. The number of nitrogens with two attached hydrogens (primary N) is 1. The predicted molar refractivity (Wildman–Crippen MR) is 74.2 cm³/mol. The molecule has 1 aromatic rings. The Kier molecular flexibility index (Phi) is 4.24. The molecule has 1 aliphatic heterocycles. The average Bonchev–Trinajstić information content (AvgIpc) is 2.39. The first-order valence-electron chi connectivity index (χ1n) is 6.81. The van der Waals surface area contributed by atoms with Crippen molar-refractivity contribution in [2.45, 2.75) is 32.6 Å². The molecule has 18 heavy (non-hydrogen) atoms. The van der Waals surface area contributed by atoms with Crippen LogP contribution in [0, 0.1) is 5.92 Å². The number of anilines is 1. The van der Waals surface area contributed by atoms with Crippen molar-refractivity contribution >= 4 is 11.6 Å². The molecule has 1 aliphatic rings. The second-order valence-corrected chi connectivity index (χ2v) is 5.15. The molecule has 3 nitrogen and oxygen atoms in total. The average molecular weight is 246 g/mol. The van der Waals surface area contributed by atoms with Crippen molar-refractivity contribution < 1.29 is 4.79 Å². The van der Waals surface area contributed by atoms with Crippen LogP contribution in [0.2, 0.25) is 0 Å². The zero-order valence-corrected chi connectivity index (χ0v) is 11.1. The van der Waals surface area contributed by atoms with Gasteiger partial charge in [-0.3, -0.25) is 4.79 Å². The fourth-order valence-corrected chi connectivity index (χ4v) is 2.58. The first-order valence-corrected chi connectivity index (χ1v) is 6.81. The van der Waals surface area contributed by atoms with E-state index in [9.17, 15) is 4.79 Å². The highest BCUT2D eigenvalue weighted by molar-refractivity contribution is 5.79. The zero-order chi connectivity index (χ0) is 13.0. The molecule has 2 N–H and O–H groups in total. The Bertz CT molecular complexity index is 409. The van der Waals surface area contributed by atoms with Crippen molar-refractivity contribution in [1.29, 1.82) is 0 Å². The first kappa shape index (κ1) is 12.9. The van der Waals surface area contributed by atoms with Crippen LogP contribution in [0.25, 0.3) is 0 Å². The molecule has 0 spiro atoms. The maximum atomic E-state index is 12.2. The maximum absolute atomic E-state index is 12.2. The van der Waals surface area contributed by atoms with Gasteiger partial charge in [-0.25, -0.2) is 0 Å². The molecule has 1 heterocycles. The lowest BCUT2D eigenvalue weighted by atomic mass is 9.94. The van der Waals surface area contributed by atoms with Gasteiger partial charge in [0.25, 0.3) is 0 Å². The predicted octanol–water partition coefficient (Wildman–Crippen LogP) is 2.46. The summed E-state index contributed by atoms with van der Waals surface area (Å²) in [4.78, 5) is 14.2. The van der Waals surface area contributed by atoms with E-state index in [1.54, 1.807) is 0 Å². The monoisotopic (exact) mass is 246 g/mol. The van der Waals surface area contributed by atoms with Crippen molar-refractivity contribution in [3.63, 3.8) is 0 Å². The summed E-state index contributed by atoms with van der Waals surface area (Å²) in [6.07, 6.45) is 4.01. The number of nitrogen functional groups attached to an aromatic ring is 1. The molecule has 0 radical (unpaired) electrons. The van der Waals surface area contributed by atoms with Crippen LogP contribution in [0.4, 0.5) is 5.69 Å². The summed E-state index contributed by atoms with van der Waals surface area (Å²) < 4.78 is 0. The number of carbonyl (C=O) groups excluding carboxylic acids is 1. The minimum absolute atomic E-state index is 0.232. The number of amides is 1. The van der Waals surface area contributed by atoms with Gasteiger partial charge in [-0.1, -0.05) is 25.5 Å². The number of benzene rings is 1. The number of hydrogen-bond donors (Lipinski definition) is 1. The number of carbonyl (C=O) groups is 1. The normalized spacial score (nSPS) is 16.8. The molecule has 0 unspecified atom stereocenters. The van der Waals surface area contributed by atoms with Crippen molar-refractivity contribution in [2.24, 2.45) is 5.92 Å². The van der Waals surface area contributed by atoms with Crippen LogP contribution in [0.1, 0.15) is 31.7 Å². The van der Waals surface area contributed by atoms with Crippen LogP contribution in [0.5, 0.6) is 0 Å². The van der Waals surface area contributed by atoms with E-state index in [4.69, 9.17) is 5.73 Å². The lowest BCUT2D eigenvalue weighted by Crippen LogP contribution is -2.39. The molecule has 1 amide bonds. The third-order valence-corrected chi connectivity index (χ3v) is 3.85. The topological polar surface area (TPSA) is 46.3 Å². The van der Waals surface area contributed by atoms with E-state index in [1.165, 1.54) is 6.42 Å². The van der Waals surface area contributed by atoms with E-state index in [0.29, 0.717) is 6.42 Å². The Morgan fingerprint density at radius 1 is 1.39 bits per heavy atom. The molecule has 98 valence electrons. The minimum Gasteiger partial charge on any atom is -0.399 e. The lowest BCUT2D eigenvalue weighted by Gasteiger charge is -2.31. The minimum atomic E-state index is 0.232. The molecule has 0 aromatic heterocycles. The summed E-state index contributed by atoms with van der Waals surface area (Å²) in [5, 5.41) is 0. The number of hydrogen-bond acceptors (Lipinski definition) is 2. The van der Waals surface area contributed by atoms with E-state index in [1.807, 2.05) is 29.2 Å². The summed E-state index contributed by atoms with van der Waals surface area (Å²) in [7, 11) is 0. The van der Waals surface area contributed by atoms with Gasteiger partial charge in [0.15, 0.2) is 0 Å². The molecule has 2 rings (SSSR count). The van der Waals surface area contributed by atoms with Gasteiger partial charge in [-0.05, 0) is 36.5 Å². The molecule has 0 bridgehead atoms. The van der Waals surface area contributed by atoms with Crippen LogP contribution in [-0.4, -0.2) is 23.9 Å². The third kappa shape index (κ3) is 3.25. The van der Waals surface area contributed by atoms with E-state index in [0.717, 1.165) is 43.1 Å². The van der Waals surface area contributed by atoms with E-state index in [2.05, 4.69) is 6.92 Å². The first-order chi connectivity index (χ1) is 8.69. The van der Waals surface area contributed by atoms with Crippen molar-refractivity contribution in [2.75, 3.05) is 18.8 Å². The molecular weight excluding hydrogens is 224 g/mol. The summed E-state index contributed by atoms with van der Waals surface area (Å²) >= 11 is 0. The fraction of sp³-hybridized carbons (Fsp3) is 0.533. The van der Waals surface area contributed by atoms with Crippen LogP contribution < -0.4 is 5.73 Å². The largest absolute Gasteiger partial charge is 0.399 e. The smallest absolute Gasteiger partial charge is 0.226 e. The Labute approximate surface area is 109 Å². The summed E-state index contributed by atoms with van der Waals surface area (Å²) in [5.41, 5.74) is 7.46. The van der Waals surface area contributed by atoms with E-state index in [-0.39, 0.29) is 5.91 Å². The molecule has 1 aromatic carbocycles. The zero-order valence-electron chi connectivity index (χ0n) is 11.1. The Hall–Kier alpha value is -1.51. The van der Waals surface area contributed by atoms with Gasteiger partial charge in [-0.15, -0.1) is 0 Å².